The maximum Gasteiger partial charge on any atom is 0.126 e. The van der Waals surface area contributed by atoms with Crippen LogP contribution in [0.1, 0.15) is 111 Å². The predicted octanol–water partition coefficient (Wildman–Crippen LogP) is 7.74. The molecular formula is C27H48N2O. The third-order valence-corrected chi connectivity index (χ3v) is 6.79. The Bertz CT molecular complexity index is 546. The van der Waals surface area contributed by atoms with Crippen molar-refractivity contribution in [2.45, 2.75) is 110 Å². The first kappa shape index (κ1) is 25.2. The van der Waals surface area contributed by atoms with E-state index in [0.717, 1.165) is 18.8 Å². The van der Waals surface area contributed by atoms with E-state index in [-0.39, 0.29) is 5.66 Å². The van der Waals surface area contributed by atoms with Crippen molar-refractivity contribution >= 4 is 6.08 Å². The molecular weight excluding hydrogens is 368 g/mol. The molecule has 1 fully saturated rings. The average molecular weight is 417 g/mol. The fraction of sp³-hybridized carbons (Fsp3) is 0.778. The first-order valence-electron chi connectivity index (χ1n) is 12.8. The highest BCUT2D eigenvalue weighted by Gasteiger charge is 2.37. The van der Waals surface area contributed by atoms with Crippen LogP contribution in [0.3, 0.4) is 0 Å². The summed E-state index contributed by atoms with van der Waals surface area (Å²) in [6.07, 6.45) is 20.4. The summed E-state index contributed by atoms with van der Waals surface area (Å²) in [5.41, 5.74) is 1.62. The van der Waals surface area contributed by atoms with Gasteiger partial charge in [0.15, 0.2) is 0 Å². The number of hydrogen-bond donors (Lipinski definition) is 0. The van der Waals surface area contributed by atoms with Gasteiger partial charge in [-0.25, -0.2) is 0 Å². The third-order valence-electron chi connectivity index (χ3n) is 6.79. The van der Waals surface area contributed by atoms with Crippen LogP contribution in [0.15, 0.2) is 28.4 Å². The molecule has 30 heavy (non-hydrogen) atoms. The second-order valence-corrected chi connectivity index (χ2v) is 9.69. The van der Waals surface area contributed by atoms with Gasteiger partial charge in [0, 0.05) is 26.2 Å². The standard InChI is InChI=1S/C27H48N2O/c1-5-7-9-11-13-15-19-28-23-25(22-26-18-17-21-30-26)24-29(27(28,3)4)20-16-14-12-10-8-6-2/h17-18,21-22H,5-16,19-20,23-24H2,1-4H3. The van der Waals surface area contributed by atoms with E-state index in [2.05, 4.69) is 49.6 Å². The number of nitrogens with zero attached hydrogens (tertiary/aromatic N) is 2. The minimum absolute atomic E-state index is 0.132. The Hall–Kier alpha value is -1.06. The molecule has 172 valence electrons. The summed E-state index contributed by atoms with van der Waals surface area (Å²) in [5, 5.41) is 0. The Morgan fingerprint density at radius 1 is 0.800 bits per heavy atom. The molecule has 0 unspecified atom stereocenters. The Kier molecular flexibility index (Phi) is 11.8. The van der Waals surface area contributed by atoms with Crippen molar-refractivity contribution in [3.63, 3.8) is 0 Å². The van der Waals surface area contributed by atoms with Gasteiger partial charge in [0.1, 0.15) is 5.76 Å². The van der Waals surface area contributed by atoms with Crippen LogP contribution in [0.25, 0.3) is 6.08 Å². The summed E-state index contributed by atoms with van der Waals surface area (Å²) in [7, 11) is 0. The first-order valence-corrected chi connectivity index (χ1v) is 12.8. The van der Waals surface area contributed by atoms with Crippen molar-refractivity contribution in [1.29, 1.82) is 0 Å². The lowest BCUT2D eigenvalue weighted by Crippen LogP contribution is -2.62. The topological polar surface area (TPSA) is 19.6 Å². The zero-order chi connectivity index (χ0) is 21.7. The lowest BCUT2D eigenvalue weighted by Gasteiger charge is -2.51. The van der Waals surface area contributed by atoms with Crippen LogP contribution in [0.2, 0.25) is 0 Å². The second-order valence-electron chi connectivity index (χ2n) is 9.69. The Balaban J connectivity index is 1.93. The molecule has 1 aromatic heterocycles. The van der Waals surface area contributed by atoms with Crippen LogP contribution in [0, 0.1) is 0 Å². The highest BCUT2D eigenvalue weighted by atomic mass is 16.3. The van der Waals surface area contributed by atoms with E-state index in [1.165, 1.54) is 95.7 Å². The van der Waals surface area contributed by atoms with Gasteiger partial charge in [0.2, 0.25) is 0 Å². The normalized spacial score (nSPS) is 17.5. The van der Waals surface area contributed by atoms with E-state index < -0.39 is 0 Å². The van der Waals surface area contributed by atoms with E-state index in [1.807, 2.05) is 6.07 Å². The van der Waals surface area contributed by atoms with Gasteiger partial charge in [-0.05, 0) is 50.5 Å². The molecule has 1 aliphatic heterocycles. The molecule has 3 nitrogen and oxygen atoms in total. The van der Waals surface area contributed by atoms with Crippen molar-refractivity contribution < 1.29 is 4.42 Å². The Morgan fingerprint density at radius 2 is 1.30 bits per heavy atom. The summed E-state index contributed by atoms with van der Waals surface area (Å²) < 4.78 is 5.62. The number of rotatable bonds is 15. The van der Waals surface area contributed by atoms with Crippen molar-refractivity contribution in [3.8, 4) is 0 Å². The van der Waals surface area contributed by atoms with Crippen LogP contribution in [-0.2, 0) is 0 Å². The summed E-state index contributed by atoms with van der Waals surface area (Å²) >= 11 is 0. The molecule has 0 radical (unpaired) electrons. The largest absolute Gasteiger partial charge is 0.465 e. The van der Waals surface area contributed by atoms with Gasteiger partial charge in [-0.3, -0.25) is 9.80 Å². The van der Waals surface area contributed by atoms with Gasteiger partial charge in [0.05, 0.1) is 11.9 Å². The van der Waals surface area contributed by atoms with Crippen LogP contribution in [0.5, 0.6) is 0 Å². The average Bonchev–Trinajstić information content (AvgIpc) is 3.23. The van der Waals surface area contributed by atoms with Crippen molar-refractivity contribution in [2.24, 2.45) is 0 Å². The molecule has 1 aliphatic rings. The van der Waals surface area contributed by atoms with E-state index in [9.17, 15) is 0 Å². The van der Waals surface area contributed by atoms with E-state index in [1.54, 1.807) is 6.26 Å². The van der Waals surface area contributed by atoms with Gasteiger partial charge in [-0.2, -0.15) is 0 Å². The quantitative estimate of drug-likeness (QED) is 0.273. The van der Waals surface area contributed by atoms with Crippen LogP contribution in [0.4, 0.5) is 0 Å². The Morgan fingerprint density at radius 3 is 1.77 bits per heavy atom. The maximum absolute atomic E-state index is 5.62. The predicted molar refractivity (Wildman–Crippen MR) is 131 cm³/mol. The van der Waals surface area contributed by atoms with Crippen LogP contribution >= 0.6 is 0 Å². The molecule has 3 heteroatoms. The summed E-state index contributed by atoms with van der Waals surface area (Å²) in [4.78, 5) is 5.42. The van der Waals surface area contributed by atoms with Crippen LogP contribution < -0.4 is 0 Å². The molecule has 0 aliphatic carbocycles. The van der Waals surface area contributed by atoms with Gasteiger partial charge in [0.25, 0.3) is 0 Å². The summed E-state index contributed by atoms with van der Waals surface area (Å²) in [5.74, 6) is 0.990. The highest BCUT2D eigenvalue weighted by Crippen LogP contribution is 2.30. The lowest BCUT2D eigenvalue weighted by molar-refractivity contribution is -0.0455. The van der Waals surface area contributed by atoms with Crippen molar-refractivity contribution in [2.75, 3.05) is 26.2 Å². The molecule has 2 rings (SSSR count). The number of furan rings is 1. The highest BCUT2D eigenvalue weighted by molar-refractivity contribution is 5.48. The monoisotopic (exact) mass is 416 g/mol. The molecule has 2 heterocycles. The van der Waals surface area contributed by atoms with E-state index in [0.29, 0.717) is 0 Å². The van der Waals surface area contributed by atoms with Crippen molar-refractivity contribution in [1.82, 2.24) is 9.80 Å². The minimum atomic E-state index is 0.132. The van der Waals surface area contributed by atoms with Crippen molar-refractivity contribution in [3.05, 3.63) is 29.7 Å². The summed E-state index contributed by atoms with van der Waals surface area (Å²) in [6, 6.07) is 4.06. The summed E-state index contributed by atoms with van der Waals surface area (Å²) in [6.45, 7) is 14.0. The van der Waals surface area contributed by atoms with Gasteiger partial charge in [-0.1, -0.05) is 78.1 Å². The van der Waals surface area contributed by atoms with Gasteiger partial charge >= 0.3 is 0 Å². The molecule has 0 saturated carbocycles. The number of unbranched alkanes of at least 4 members (excludes halogenated alkanes) is 10. The molecule has 0 N–H and O–H groups in total. The second kappa shape index (κ2) is 14.1. The zero-order valence-electron chi connectivity index (χ0n) is 20.4. The molecule has 0 atom stereocenters. The molecule has 1 saturated heterocycles. The number of hydrogen-bond acceptors (Lipinski definition) is 3. The Labute approximate surface area is 186 Å². The van der Waals surface area contributed by atoms with Gasteiger partial charge in [-0.15, -0.1) is 0 Å². The van der Waals surface area contributed by atoms with E-state index >= 15 is 0 Å². The molecule has 0 amide bonds. The molecule has 0 bridgehead atoms. The first-order chi connectivity index (χ1) is 14.6. The lowest BCUT2D eigenvalue weighted by atomic mass is 9.99. The van der Waals surface area contributed by atoms with Crippen LogP contribution in [-0.4, -0.2) is 41.6 Å². The third kappa shape index (κ3) is 8.59. The molecule has 1 aromatic rings. The zero-order valence-corrected chi connectivity index (χ0v) is 20.4. The smallest absolute Gasteiger partial charge is 0.126 e. The maximum atomic E-state index is 5.62. The fourth-order valence-electron chi connectivity index (χ4n) is 4.66. The molecule has 0 aromatic carbocycles. The van der Waals surface area contributed by atoms with E-state index in [4.69, 9.17) is 4.42 Å². The molecule has 0 spiro atoms. The fourth-order valence-corrected chi connectivity index (χ4v) is 4.66. The minimum Gasteiger partial charge on any atom is -0.465 e. The van der Waals surface area contributed by atoms with Gasteiger partial charge < -0.3 is 4.42 Å². The SMILES string of the molecule is CCCCCCCCN1CC(=Cc2ccco2)CN(CCCCCCCC)C1(C)C.